The van der Waals surface area contributed by atoms with Crippen LogP contribution in [0.25, 0.3) is 5.57 Å². The van der Waals surface area contributed by atoms with Crippen molar-refractivity contribution in [3.05, 3.63) is 59.7 Å². The Morgan fingerprint density at radius 3 is 2.23 bits per heavy atom. The number of hydrogen-bond donors (Lipinski definition) is 3. The number of benzene rings is 1. The van der Waals surface area contributed by atoms with Crippen LogP contribution >= 0.6 is 0 Å². The third kappa shape index (κ3) is 3.93. The smallest absolute Gasteiger partial charge is 0.320 e. The molecule has 0 unspecified atom stereocenters. The van der Waals surface area contributed by atoms with Gasteiger partial charge in [-0.3, -0.25) is 9.59 Å². The Bertz CT molecular complexity index is 650. The van der Waals surface area contributed by atoms with Crippen LogP contribution in [0, 0.1) is 0 Å². The molecular formula is C17H17NO4. The number of nitrogens with two attached hydrogens (primary N) is 1. The lowest BCUT2D eigenvalue weighted by Gasteiger charge is -2.14. The quantitative estimate of drug-likeness (QED) is 0.772. The van der Waals surface area contributed by atoms with Crippen molar-refractivity contribution in [2.24, 2.45) is 5.73 Å². The molecule has 0 spiro atoms. The Balaban J connectivity index is 2.33. The molecule has 5 nitrogen and oxygen atoms in total. The van der Waals surface area contributed by atoms with Gasteiger partial charge < -0.3 is 15.9 Å². The molecular weight excluding hydrogens is 282 g/mol. The number of carboxylic acid groups (broad SMARTS) is 1. The van der Waals surface area contributed by atoms with Crippen LogP contribution in [0.5, 0.6) is 5.75 Å². The van der Waals surface area contributed by atoms with Crippen LogP contribution in [-0.2, 0) is 9.59 Å². The zero-order chi connectivity index (χ0) is 16.1. The minimum atomic E-state index is -1.04. The lowest BCUT2D eigenvalue weighted by atomic mass is 9.92. The van der Waals surface area contributed by atoms with E-state index in [1.54, 1.807) is 36.4 Å². The molecule has 0 radical (unpaired) electrons. The van der Waals surface area contributed by atoms with E-state index < -0.39 is 12.0 Å². The van der Waals surface area contributed by atoms with Gasteiger partial charge in [-0.05, 0) is 53.8 Å². The monoisotopic (exact) mass is 299 g/mol. The molecule has 22 heavy (non-hydrogen) atoms. The van der Waals surface area contributed by atoms with Crippen LogP contribution in [-0.4, -0.2) is 28.0 Å². The molecule has 5 heteroatoms. The van der Waals surface area contributed by atoms with Crippen LogP contribution in [0.1, 0.15) is 18.4 Å². The predicted octanol–water partition coefficient (Wildman–Crippen LogP) is 2.03. The van der Waals surface area contributed by atoms with Crippen molar-refractivity contribution in [3.63, 3.8) is 0 Å². The standard InChI is InChI=1S/C17H17NO4/c18-16(17(21)22)10-9-15(11-1-5-13(19)6-2-11)12-3-7-14(20)8-4-12/h1-8,16,19H,9-10,18H2,(H,21,22)/t16-/m0/s1. The lowest BCUT2D eigenvalue weighted by Crippen LogP contribution is -2.29. The largest absolute Gasteiger partial charge is 0.508 e. The summed E-state index contributed by atoms with van der Waals surface area (Å²) in [6.07, 6.45) is 7.08. The van der Waals surface area contributed by atoms with Crippen LogP contribution in [0.2, 0.25) is 0 Å². The molecule has 0 aromatic heterocycles. The van der Waals surface area contributed by atoms with Crippen LogP contribution < -0.4 is 5.73 Å². The molecule has 0 aliphatic heterocycles. The van der Waals surface area contributed by atoms with Gasteiger partial charge >= 0.3 is 5.97 Å². The topological polar surface area (TPSA) is 101 Å². The second kappa shape index (κ2) is 6.87. The fraction of sp³-hybridized carbons (Fsp3) is 0.176. The average molecular weight is 299 g/mol. The maximum atomic E-state index is 11.2. The molecule has 1 aromatic carbocycles. The summed E-state index contributed by atoms with van der Waals surface area (Å²) in [7, 11) is 0. The van der Waals surface area contributed by atoms with E-state index in [4.69, 9.17) is 10.8 Å². The lowest BCUT2D eigenvalue weighted by molar-refractivity contribution is -0.138. The molecule has 0 amide bonds. The minimum absolute atomic E-state index is 0.0870. The molecule has 0 fully saturated rings. The van der Waals surface area contributed by atoms with Gasteiger partial charge in [0.25, 0.3) is 0 Å². The van der Waals surface area contributed by atoms with Gasteiger partial charge in [-0.1, -0.05) is 24.3 Å². The highest BCUT2D eigenvalue weighted by Gasteiger charge is 2.15. The molecule has 0 bridgehead atoms. The third-order valence-electron chi connectivity index (χ3n) is 3.44. The van der Waals surface area contributed by atoms with Crippen molar-refractivity contribution >= 4 is 17.3 Å². The van der Waals surface area contributed by atoms with E-state index in [0.717, 1.165) is 16.7 Å². The third-order valence-corrected chi connectivity index (χ3v) is 3.44. The summed E-state index contributed by atoms with van der Waals surface area (Å²) >= 11 is 0. The Morgan fingerprint density at radius 1 is 1.09 bits per heavy atom. The van der Waals surface area contributed by atoms with E-state index in [-0.39, 0.29) is 18.0 Å². The maximum Gasteiger partial charge on any atom is 0.320 e. The fourth-order valence-electron chi connectivity index (χ4n) is 2.20. The first-order chi connectivity index (χ1) is 10.5. The second-order valence-electron chi connectivity index (χ2n) is 5.03. The summed E-state index contributed by atoms with van der Waals surface area (Å²) in [5.74, 6) is -0.976. The second-order valence-corrected chi connectivity index (χ2v) is 5.03. The molecule has 0 heterocycles. The van der Waals surface area contributed by atoms with Crippen molar-refractivity contribution in [1.82, 2.24) is 0 Å². The van der Waals surface area contributed by atoms with E-state index in [2.05, 4.69) is 0 Å². The highest BCUT2D eigenvalue weighted by molar-refractivity contribution is 6.02. The predicted molar refractivity (Wildman–Crippen MR) is 83.2 cm³/mol. The summed E-state index contributed by atoms with van der Waals surface area (Å²) in [6.45, 7) is 0. The van der Waals surface area contributed by atoms with Crippen molar-refractivity contribution in [2.75, 3.05) is 0 Å². The summed E-state index contributed by atoms with van der Waals surface area (Å²) in [6, 6.07) is 5.69. The Morgan fingerprint density at radius 2 is 1.68 bits per heavy atom. The summed E-state index contributed by atoms with van der Waals surface area (Å²) in [5, 5.41) is 18.3. The summed E-state index contributed by atoms with van der Waals surface area (Å²) in [5.41, 5.74) is 8.14. The van der Waals surface area contributed by atoms with Crippen LogP contribution in [0.15, 0.2) is 54.1 Å². The summed E-state index contributed by atoms with van der Waals surface area (Å²) < 4.78 is 0. The summed E-state index contributed by atoms with van der Waals surface area (Å²) in [4.78, 5) is 22.1. The van der Waals surface area contributed by atoms with Gasteiger partial charge in [-0.25, -0.2) is 0 Å². The van der Waals surface area contributed by atoms with E-state index in [9.17, 15) is 14.7 Å². The zero-order valence-electron chi connectivity index (χ0n) is 11.9. The number of rotatable bonds is 5. The highest BCUT2D eigenvalue weighted by Crippen LogP contribution is 2.28. The number of aliphatic carboxylic acids is 1. The number of allylic oxidation sites excluding steroid dienone is 6. The van der Waals surface area contributed by atoms with E-state index in [0.29, 0.717) is 6.42 Å². The maximum absolute atomic E-state index is 11.2. The number of aromatic hydroxyl groups is 1. The number of carbonyl (C=O) groups is 2. The molecule has 0 saturated carbocycles. The number of hydrogen-bond acceptors (Lipinski definition) is 4. The van der Waals surface area contributed by atoms with Gasteiger partial charge in [0.1, 0.15) is 11.8 Å². The normalized spacial score (nSPS) is 15.0. The number of phenols is 1. The average Bonchev–Trinajstić information content (AvgIpc) is 2.50. The Kier molecular flexibility index (Phi) is 4.91. The van der Waals surface area contributed by atoms with Crippen molar-refractivity contribution < 1.29 is 19.8 Å². The number of carbonyl (C=O) groups excluding carboxylic acids is 1. The molecule has 4 N–H and O–H groups in total. The molecule has 114 valence electrons. The van der Waals surface area contributed by atoms with Crippen LogP contribution in [0.4, 0.5) is 0 Å². The van der Waals surface area contributed by atoms with Gasteiger partial charge in [0, 0.05) is 0 Å². The molecule has 1 aromatic rings. The first-order valence-electron chi connectivity index (χ1n) is 6.88. The molecule has 1 aliphatic carbocycles. The van der Waals surface area contributed by atoms with E-state index in [1.165, 1.54) is 12.2 Å². The number of ketones is 1. The molecule has 2 rings (SSSR count). The number of phenolic OH excluding ortho intramolecular Hbond substituents is 1. The van der Waals surface area contributed by atoms with Gasteiger partial charge in [-0.15, -0.1) is 0 Å². The van der Waals surface area contributed by atoms with Gasteiger partial charge in [0.2, 0.25) is 0 Å². The SMILES string of the molecule is N[C@@H](CCC(=C1C=CC(=O)C=C1)c1ccc(O)cc1)C(=O)O. The Labute approximate surface area is 128 Å². The molecule has 1 aliphatic rings. The first kappa shape index (κ1) is 15.7. The van der Waals surface area contributed by atoms with Crippen LogP contribution in [0.3, 0.4) is 0 Å². The Hall–Kier alpha value is -2.66. The minimum Gasteiger partial charge on any atom is -0.508 e. The number of carboxylic acids is 1. The molecule has 0 saturated heterocycles. The van der Waals surface area contributed by atoms with Crippen molar-refractivity contribution in [3.8, 4) is 5.75 Å². The van der Waals surface area contributed by atoms with Crippen molar-refractivity contribution in [2.45, 2.75) is 18.9 Å². The van der Waals surface area contributed by atoms with E-state index >= 15 is 0 Å². The van der Waals surface area contributed by atoms with Gasteiger partial charge in [0.15, 0.2) is 5.78 Å². The molecule has 1 atom stereocenters. The van der Waals surface area contributed by atoms with Gasteiger partial charge in [0.05, 0.1) is 0 Å². The van der Waals surface area contributed by atoms with E-state index in [1.807, 2.05) is 0 Å². The highest BCUT2D eigenvalue weighted by atomic mass is 16.4. The fourth-order valence-corrected chi connectivity index (χ4v) is 2.20. The first-order valence-corrected chi connectivity index (χ1v) is 6.88. The van der Waals surface area contributed by atoms with Gasteiger partial charge in [-0.2, -0.15) is 0 Å². The van der Waals surface area contributed by atoms with Crippen molar-refractivity contribution in [1.29, 1.82) is 0 Å². The zero-order valence-corrected chi connectivity index (χ0v) is 11.9.